The van der Waals surface area contributed by atoms with Gasteiger partial charge in [-0.25, -0.2) is 4.98 Å². The minimum absolute atomic E-state index is 0.719. The van der Waals surface area contributed by atoms with Gasteiger partial charge in [-0.05, 0) is 31.8 Å². The van der Waals surface area contributed by atoms with Crippen LogP contribution in [0.3, 0.4) is 0 Å². The molecule has 0 unspecified atom stereocenters. The summed E-state index contributed by atoms with van der Waals surface area (Å²) in [5.41, 5.74) is 0. The van der Waals surface area contributed by atoms with Gasteiger partial charge in [0.15, 0.2) is 0 Å². The lowest BCUT2D eigenvalue weighted by molar-refractivity contribution is 0.376. The molecule has 1 aliphatic rings. The highest BCUT2D eigenvalue weighted by atomic mass is 15.3. The third kappa shape index (κ3) is 2.86. The molecule has 0 spiro atoms. The van der Waals surface area contributed by atoms with Gasteiger partial charge in [-0.2, -0.15) is 5.10 Å². The van der Waals surface area contributed by atoms with Crippen molar-refractivity contribution < 1.29 is 0 Å². The van der Waals surface area contributed by atoms with E-state index in [1.165, 1.54) is 12.8 Å². The predicted octanol–water partition coefficient (Wildman–Crippen LogP) is 0.307. The van der Waals surface area contributed by atoms with Gasteiger partial charge in [0.2, 0.25) is 5.95 Å². The molecule has 0 aromatic carbocycles. The van der Waals surface area contributed by atoms with Crippen molar-refractivity contribution in [2.24, 2.45) is 5.92 Å². The third-order valence-corrected chi connectivity index (χ3v) is 2.80. The second-order valence-corrected chi connectivity index (χ2v) is 4.02. The van der Waals surface area contributed by atoms with Gasteiger partial charge in [-0.3, -0.25) is 0 Å². The Morgan fingerprint density at radius 3 is 2.87 bits per heavy atom. The average molecular weight is 207 g/mol. The SMILES string of the molecule is CN(CC1CCNCC1)c1nccnn1. The number of anilines is 1. The summed E-state index contributed by atoms with van der Waals surface area (Å²) in [6.45, 7) is 3.28. The van der Waals surface area contributed by atoms with Gasteiger partial charge >= 0.3 is 0 Å². The zero-order valence-corrected chi connectivity index (χ0v) is 9.06. The molecule has 5 heteroatoms. The van der Waals surface area contributed by atoms with Crippen LogP contribution in [-0.2, 0) is 0 Å². The second kappa shape index (κ2) is 5.02. The molecule has 1 N–H and O–H groups in total. The number of hydrogen-bond donors (Lipinski definition) is 1. The van der Waals surface area contributed by atoms with Crippen molar-refractivity contribution in [2.75, 3.05) is 31.6 Å². The highest BCUT2D eigenvalue weighted by Crippen LogP contribution is 2.14. The Kier molecular flexibility index (Phi) is 3.45. The van der Waals surface area contributed by atoms with Crippen molar-refractivity contribution in [1.82, 2.24) is 20.5 Å². The Morgan fingerprint density at radius 1 is 1.40 bits per heavy atom. The molecule has 82 valence electrons. The van der Waals surface area contributed by atoms with Gasteiger partial charge in [0.1, 0.15) is 0 Å². The van der Waals surface area contributed by atoms with E-state index in [1.54, 1.807) is 12.4 Å². The minimum Gasteiger partial charge on any atom is -0.342 e. The fourth-order valence-corrected chi connectivity index (χ4v) is 1.95. The predicted molar refractivity (Wildman–Crippen MR) is 58.7 cm³/mol. The fraction of sp³-hybridized carbons (Fsp3) is 0.700. The molecule has 5 nitrogen and oxygen atoms in total. The summed E-state index contributed by atoms with van der Waals surface area (Å²) in [5.74, 6) is 1.47. The van der Waals surface area contributed by atoms with Crippen LogP contribution in [0.2, 0.25) is 0 Å². The summed E-state index contributed by atoms with van der Waals surface area (Å²) in [7, 11) is 2.03. The van der Waals surface area contributed by atoms with E-state index in [9.17, 15) is 0 Å². The van der Waals surface area contributed by atoms with Gasteiger partial charge in [0, 0.05) is 13.6 Å². The largest absolute Gasteiger partial charge is 0.342 e. The van der Waals surface area contributed by atoms with Crippen molar-refractivity contribution in [2.45, 2.75) is 12.8 Å². The normalized spacial score (nSPS) is 17.7. The lowest BCUT2D eigenvalue weighted by atomic mass is 9.98. The molecule has 1 aromatic rings. The zero-order chi connectivity index (χ0) is 10.5. The van der Waals surface area contributed by atoms with E-state index in [1.807, 2.05) is 7.05 Å². The van der Waals surface area contributed by atoms with E-state index in [4.69, 9.17) is 0 Å². The average Bonchev–Trinajstić information content (AvgIpc) is 2.31. The number of nitrogens with one attached hydrogen (secondary N) is 1. The summed E-state index contributed by atoms with van der Waals surface area (Å²) >= 11 is 0. The lowest BCUT2D eigenvalue weighted by Gasteiger charge is -2.27. The topological polar surface area (TPSA) is 53.9 Å². The van der Waals surface area contributed by atoms with Crippen molar-refractivity contribution in [1.29, 1.82) is 0 Å². The zero-order valence-electron chi connectivity index (χ0n) is 9.06. The Hall–Kier alpha value is -1.23. The summed E-state index contributed by atoms with van der Waals surface area (Å²) in [5, 5.41) is 11.2. The molecule has 0 atom stereocenters. The molecule has 1 saturated heterocycles. The van der Waals surface area contributed by atoms with Crippen LogP contribution in [0.4, 0.5) is 5.95 Å². The number of rotatable bonds is 3. The quantitative estimate of drug-likeness (QED) is 0.773. The highest BCUT2D eigenvalue weighted by molar-refractivity contribution is 5.24. The van der Waals surface area contributed by atoms with Crippen LogP contribution >= 0.6 is 0 Å². The lowest BCUT2D eigenvalue weighted by Crippen LogP contribution is -2.35. The Balaban J connectivity index is 1.88. The van der Waals surface area contributed by atoms with Gasteiger partial charge in [0.05, 0.1) is 12.4 Å². The maximum Gasteiger partial charge on any atom is 0.245 e. The van der Waals surface area contributed by atoms with Crippen molar-refractivity contribution in [3.8, 4) is 0 Å². The first-order valence-corrected chi connectivity index (χ1v) is 5.42. The number of piperidine rings is 1. The molecule has 15 heavy (non-hydrogen) atoms. The summed E-state index contributed by atoms with van der Waals surface area (Å²) in [6, 6.07) is 0. The van der Waals surface area contributed by atoms with Crippen LogP contribution in [-0.4, -0.2) is 41.9 Å². The smallest absolute Gasteiger partial charge is 0.245 e. The van der Waals surface area contributed by atoms with E-state index < -0.39 is 0 Å². The first-order valence-electron chi connectivity index (χ1n) is 5.42. The van der Waals surface area contributed by atoms with Crippen LogP contribution in [0.5, 0.6) is 0 Å². The monoisotopic (exact) mass is 207 g/mol. The van der Waals surface area contributed by atoms with Crippen LogP contribution < -0.4 is 10.2 Å². The third-order valence-electron chi connectivity index (χ3n) is 2.80. The number of aromatic nitrogens is 3. The van der Waals surface area contributed by atoms with Gasteiger partial charge in [-0.1, -0.05) is 0 Å². The Morgan fingerprint density at radius 2 is 2.20 bits per heavy atom. The Bertz CT molecular complexity index is 283. The van der Waals surface area contributed by atoms with Gasteiger partial charge in [0.25, 0.3) is 0 Å². The first-order chi connectivity index (χ1) is 7.36. The molecule has 1 aliphatic heterocycles. The van der Waals surface area contributed by atoms with Crippen LogP contribution in [0.25, 0.3) is 0 Å². The van der Waals surface area contributed by atoms with E-state index in [-0.39, 0.29) is 0 Å². The molecular weight excluding hydrogens is 190 g/mol. The van der Waals surface area contributed by atoms with E-state index in [0.717, 1.165) is 31.5 Å². The molecule has 0 bridgehead atoms. The molecule has 0 amide bonds. The fourth-order valence-electron chi connectivity index (χ4n) is 1.95. The summed E-state index contributed by atoms with van der Waals surface area (Å²) < 4.78 is 0. The molecule has 2 rings (SSSR count). The van der Waals surface area contributed by atoms with Crippen LogP contribution in [0.1, 0.15) is 12.8 Å². The van der Waals surface area contributed by atoms with Crippen LogP contribution in [0, 0.1) is 5.92 Å². The van der Waals surface area contributed by atoms with Crippen molar-refractivity contribution >= 4 is 5.95 Å². The number of nitrogens with zero attached hydrogens (tertiary/aromatic N) is 4. The molecule has 1 fully saturated rings. The first kappa shape index (κ1) is 10.3. The summed E-state index contributed by atoms with van der Waals surface area (Å²) in [6.07, 6.45) is 5.76. The van der Waals surface area contributed by atoms with Crippen molar-refractivity contribution in [3.63, 3.8) is 0 Å². The van der Waals surface area contributed by atoms with Crippen LogP contribution in [0.15, 0.2) is 12.4 Å². The van der Waals surface area contributed by atoms with E-state index in [0.29, 0.717) is 0 Å². The van der Waals surface area contributed by atoms with E-state index >= 15 is 0 Å². The maximum atomic E-state index is 4.18. The standard InChI is InChI=1S/C10H17N5/c1-15(10-12-6-7-13-14-10)8-9-2-4-11-5-3-9/h6-7,9,11H,2-5,8H2,1H3. The van der Waals surface area contributed by atoms with Crippen molar-refractivity contribution in [3.05, 3.63) is 12.4 Å². The van der Waals surface area contributed by atoms with Gasteiger partial charge in [-0.15, -0.1) is 5.10 Å². The Labute approximate surface area is 89.9 Å². The second-order valence-electron chi connectivity index (χ2n) is 4.02. The molecule has 2 heterocycles. The molecule has 0 aliphatic carbocycles. The number of hydrogen-bond acceptors (Lipinski definition) is 5. The molecule has 1 aromatic heterocycles. The summed E-state index contributed by atoms with van der Waals surface area (Å²) in [4.78, 5) is 6.27. The molecule has 0 saturated carbocycles. The molecular formula is C10H17N5. The maximum absolute atomic E-state index is 4.18. The van der Waals surface area contributed by atoms with Gasteiger partial charge < -0.3 is 10.2 Å². The minimum atomic E-state index is 0.719. The van der Waals surface area contributed by atoms with E-state index in [2.05, 4.69) is 25.4 Å². The highest BCUT2D eigenvalue weighted by Gasteiger charge is 2.16. The molecule has 0 radical (unpaired) electrons.